The van der Waals surface area contributed by atoms with Crippen molar-refractivity contribution < 1.29 is 64.2 Å². The first-order valence-corrected chi connectivity index (χ1v) is 32.7. The van der Waals surface area contributed by atoms with Crippen LogP contribution in [0, 0.1) is 22.7 Å². The van der Waals surface area contributed by atoms with Crippen LogP contribution in [-0.2, 0) is 60.3 Å². The van der Waals surface area contributed by atoms with Crippen molar-refractivity contribution in [2.24, 2.45) is 22.7 Å². The fraction of sp³-hybridized carbons (Fsp3) is 0.406. The molecule has 6 aromatic rings. The van der Waals surface area contributed by atoms with Gasteiger partial charge in [-0.2, -0.15) is 30.3 Å². The molecule has 10 nitrogen and oxygen atoms in total. The van der Waals surface area contributed by atoms with Crippen LogP contribution >= 0.6 is 12.0 Å². The number of halogens is 4. The summed E-state index contributed by atoms with van der Waals surface area (Å²) in [5, 5.41) is 3.15. The van der Waals surface area contributed by atoms with Crippen LogP contribution in [0.1, 0.15) is 122 Å². The highest BCUT2D eigenvalue weighted by Crippen LogP contribution is 2.65. The van der Waals surface area contributed by atoms with Gasteiger partial charge in [0.1, 0.15) is 12.0 Å². The molecule has 82 heavy (non-hydrogen) atoms. The van der Waals surface area contributed by atoms with E-state index >= 15 is 0 Å². The second kappa shape index (κ2) is 39.4. The molecule has 452 valence electrons. The number of rotatable bonds is 16. The Labute approximate surface area is 496 Å². The molecule has 4 saturated carbocycles. The number of ether oxygens (including phenoxy) is 2. The fourth-order valence-electron chi connectivity index (χ4n) is 9.94. The molecular weight excluding hydrogens is 1130 g/mol. The van der Waals surface area contributed by atoms with E-state index in [1.807, 2.05) is 83.1 Å². The molecule has 0 saturated heterocycles. The Morgan fingerprint density at radius 1 is 0.500 bits per heavy atom. The number of carbonyl (C=O) groups is 2. The zero-order valence-electron chi connectivity index (χ0n) is 49.4. The van der Waals surface area contributed by atoms with Crippen LogP contribution in [0.25, 0.3) is 0 Å². The molecule has 0 spiro atoms. The minimum absolute atomic E-state index is 0.0146. The molecule has 10 rings (SSSR count). The van der Waals surface area contributed by atoms with Crippen molar-refractivity contribution in [3.05, 3.63) is 182 Å². The Morgan fingerprint density at radius 2 is 0.744 bits per heavy atom. The van der Waals surface area contributed by atoms with Crippen molar-refractivity contribution in [3.63, 3.8) is 0 Å². The van der Waals surface area contributed by atoms with Gasteiger partial charge in [0.05, 0.1) is 35.0 Å². The van der Waals surface area contributed by atoms with Gasteiger partial charge < -0.3 is 14.7 Å². The molecule has 4 aliphatic carbocycles. The molecule has 0 aliphatic heterocycles. The fourth-order valence-corrected chi connectivity index (χ4v) is 14.7. The summed E-state index contributed by atoms with van der Waals surface area (Å²) in [5.74, 6) is -4.28. The predicted molar refractivity (Wildman–Crippen MR) is 324 cm³/mol. The average Bonchev–Trinajstić information content (AvgIpc) is 3.58. The molecule has 0 amide bonds. The number of alkyl halides is 4. The standard InChI is InChI=1S/2C18H15S.C16H20F4O10S2.6C2H6/c2*1-4-10-16(11-5-1)19(17-12-6-2-7-13-17)18-14-8-3-9-15-18;17-15(18,31-30-29-23)11(21)27-7-13-2-9-1-10(3-13)5-14(4-9,6-13)8-28-12(22)16(19,20)32(24,25)26;6*1-2/h2*1-15H;9-10,23H,1-8H2,(H,24,25,26);6*1-2H3/q2*+1;;;;;;;/p-1. The van der Waals surface area contributed by atoms with Gasteiger partial charge in [-0.1, -0.05) is 192 Å². The Hall–Kier alpha value is -5.18. The SMILES string of the molecule is CC.CC.CC.CC.CC.CC.O=C(OCC12CC3CC(C1)CC(COC(=O)C(F)(F)S(=O)(=O)O)(C3)C2)C(F)(F)SOO[O-].c1ccc([S+](c2ccccc2)c2ccccc2)cc1.c1ccc([S+](c2ccccc2)c2ccccc2)cc1. The van der Waals surface area contributed by atoms with E-state index in [0.29, 0.717) is 25.7 Å². The van der Waals surface area contributed by atoms with E-state index in [2.05, 4.69) is 196 Å². The maximum atomic E-state index is 13.6. The number of hydrogen-bond donors (Lipinski definition) is 1. The van der Waals surface area contributed by atoms with Crippen molar-refractivity contribution >= 4 is 55.9 Å². The molecule has 0 heterocycles. The second-order valence-corrected chi connectivity index (χ2v) is 23.7. The van der Waals surface area contributed by atoms with Crippen LogP contribution in [0.3, 0.4) is 0 Å². The minimum atomic E-state index is -6.01. The zero-order valence-corrected chi connectivity index (χ0v) is 52.7. The number of benzene rings is 6. The van der Waals surface area contributed by atoms with E-state index in [9.17, 15) is 40.8 Å². The van der Waals surface area contributed by atoms with Gasteiger partial charge in [0.2, 0.25) is 0 Å². The minimum Gasteiger partial charge on any atom is -0.691 e. The van der Waals surface area contributed by atoms with Gasteiger partial charge in [0.15, 0.2) is 29.4 Å². The number of hydrogen-bond acceptors (Lipinski definition) is 10. The van der Waals surface area contributed by atoms with Gasteiger partial charge in [-0.15, -0.1) is 0 Å². The number of esters is 2. The van der Waals surface area contributed by atoms with Crippen LogP contribution < -0.4 is 5.26 Å². The van der Waals surface area contributed by atoms with Gasteiger partial charge in [0.25, 0.3) is 0 Å². The highest BCUT2D eigenvalue weighted by atomic mass is 32.2. The maximum absolute atomic E-state index is 13.6. The molecule has 6 aromatic carbocycles. The molecule has 0 aromatic heterocycles. The molecule has 4 aliphatic rings. The highest BCUT2D eigenvalue weighted by molar-refractivity contribution is 7.97. The van der Waals surface area contributed by atoms with E-state index in [0.717, 1.165) is 6.42 Å². The smallest absolute Gasteiger partial charge is 0.465 e. The van der Waals surface area contributed by atoms with Crippen LogP contribution in [0.2, 0.25) is 0 Å². The monoisotopic (exact) mass is 1220 g/mol. The van der Waals surface area contributed by atoms with Crippen LogP contribution in [0.15, 0.2) is 211 Å². The summed E-state index contributed by atoms with van der Waals surface area (Å²) < 4.78 is 97.0. The average molecular weight is 1220 g/mol. The van der Waals surface area contributed by atoms with Gasteiger partial charge >= 0.3 is 32.6 Å². The molecular formula is C64H85F4O10S4+. The second-order valence-electron chi connectivity index (χ2n) is 17.3. The summed E-state index contributed by atoms with van der Waals surface area (Å²) in [7, 11) is -6.04. The highest BCUT2D eigenvalue weighted by Gasteiger charge is 2.60. The summed E-state index contributed by atoms with van der Waals surface area (Å²) in [6.07, 6.45) is 2.99. The summed E-state index contributed by atoms with van der Waals surface area (Å²) in [4.78, 5) is 31.5. The van der Waals surface area contributed by atoms with Crippen molar-refractivity contribution in [1.82, 2.24) is 0 Å². The van der Waals surface area contributed by atoms with E-state index in [1.165, 1.54) is 29.4 Å². The molecule has 4 bridgehead atoms. The van der Waals surface area contributed by atoms with E-state index in [4.69, 9.17) is 9.29 Å². The van der Waals surface area contributed by atoms with Crippen LogP contribution in [-0.4, -0.2) is 48.6 Å². The first-order valence-electron chi connectivity index (χ1n) is 28.0. The maximum Gasteiger partial charge on any atom is 0.465 e. The third-order valence-corrected chi connectivity index (χ3v) is 17.9. The third kappa shape index (κ3) is 22.4. The Kier molecular flexibility index (Phi) is 35.9. The van der Waals surface area contributed by atoms with Crippen molar-refractivity contribution in [2.75, 3.05) is 13.2 Å². The summed E-state index contributed by atoms with van der Waals surface area (Å²) >= 11 is -0.822. The molecule has 1 N–H and O–H groups in total. The quantitative estimate of drug-likeness (QED) is 0.0188. The van der Waals surface area contributed by atoms with E-state index in [1.54, 1.807) is 0 Å². The van der Waals surface area contributed by atoms with Gasteiger partial charge in [-0.25, -0.2) is 9.59 Å². The lowest BCUT2D eigenvalue weighted by Gasteiger charge is -2.61. The normalized spacial score (nSPS) is 17.9. The zero-order chi connectivity index (χ0) is 61.8. The first kappa shape index (κ1) is 74.8. The number of carbonyl (C=O) groups excluding carboxylic acids is 2. The lowest BCUT2D eigenvalue weighted by atomic mass is 9.44. The van der Waals surface area contributed by atoms with E-state index in [-0.39, 0.29) is 40.0 Å². The summed E-state index contributed by atoms with van der Waals surface area (Å²) in [6, 6.07) is 64.3. The molecule has 2 unspecified atom stereocenters. The molecule has 2 atom stereocenters. The topological polar surface area (TPSA) is 148 Å². The van der Waals surface area contributed by atoms with Crippen LogP contribution in [0.5, 0.6) is 0 Å². The molecule has 4 fully saturated rings. The summed E-state index contributed by atoms with van der Waals surface area (Å²) in [6.45, 7) is 23.0. The van der Waals surface area contributed by atoms with E-state index < -0.39 is 68.7 Å². The van der Waals surface area contributed by atoms with Gasteiger partial charge in [0, 0.05) is 10.8 Å². The lowest BCUT2D eigenvalue weighted by Crippen LogP contribution is -2.56. The largest absolute Gasteiger partial charge is 0.691 e. The molecule has 0 radical (unpaired) electrons. The Balaban J connectivity index is 0.000000583. The van der Waals surface area contributed by atoms with Crippen molar-refractivity contribution in [1.29, 1.82) is 0 Å². The predicted octanol–water partition coefficient (Wildman–Crippen LogP) is 17.3. The molecule has 18 heteroatoms. The van der Waals surface area contributed by atoms with Crippen molar-refractivity contribution in [2.45, 2.75) is 161 Å². The Morgan fingerprint density at radius 3 is 0.976 bits per heavy atom. The van der Waals surface area contributed by atoms with Crippen LogP contribution in [0.4, 0.5) is 17.6 Å². The lowest BCUT2D eigenvalue weighted by molar-refractivity contribution is -0.777. The summed E-state index contributed by atoms with van der Waals surface area (Å²) in [5.41, 5.74) is -1.58. The van der Waals surface area contributed by atoms with Gasteiger partial charge in [-0.05, 0) is 123 Å². The Bertz CT molecular complexity index is 2400. The van der Waals surface area contributed by atoms with Crippen molar-refractivity contribution in [3.8, 4) is 0 Å². The third-order valence-electron chi connectivity index (χ3n) is 12.2. The first-order chi connectivity index (χ1) is 39.5. The van der Waals surface area contributed by atoms with Gasteiger partial charge in [-0.3, -0.25) is 9.59 Å².